The summed E-state index contributed by atoms with van der Waals surface area (Å²) >= 11 is 1.61. The van der Waals surface area contributed by atoms with E-state index in [4.69, 9.17) is 5.11 Å². The lowest BCUT2D eigenvalue weighted by molar-refractivity contribution is 0.166. The molecule has 0 spiro atoms. The van der Waals surface area contributed by atoms with E-state index in [1.54, 1.807) is 32.1 Å². The first-order valence-electron chi connectivity index (χ1n) is 7.67. The highest BCUT2D eigenvalue weighted by molar-refractivity contribution is 7.99. The molecule has 0 aliphatic carbocycles. The number of carbonyl (C=O) groups excluding carboxylic acids is 1. The zero-order valence-electron chi connectivity index (χ0n) is 14.3. The van der Waals surface area contributed by atoms with Crippen LogP contribution in [-0.4, -0.2) is 50.5 Å². The molecule has 1 aromatic carbocycles. The Morgan fingerprint density at radius 1 is 1.46 bits per heavy atom. The van der Waals surface area contributed by atoms with Crippen molar-refractivity contribution in [3.05, 3.63) is 36.2 Å². The van der Waals surface area contributed by atoms with E-state index in [-0.39, 0.29) is 23.9 Å². The first-order chi connectivity index (χ1) is 11.4. The number of hydrogen-bond donors (Lipinski definition) is 2. The van der Waals surface area contributed by atoms with Gasteiger partial charge >= 0.3 is 6.03 Å². The minimum atomic E-state index is -0.248. The Morgan fingerprint density at radius 2 is 2.21 bits per heavy atom. The molecule has 0 fully saturated rings. The molecular weight excluding hydrogens is 326 g/mol. The van der Waals surface area contributed by atoms with Crippen LogP contribution >= 0.6 is 11.8 Å². The number of benzene rings is 1. The van der Waals surface area contributed by atoms with Crippen LogP contribution in [0.4, 0.5) is 10.5 Å². The van der Waals surface area contributed by atoms with Gasteiger partial charge in [0.15, 0.2) is 5.16 Å². The van der Waals surface area contributed by atoms with Crippen LogP contribution in [0, 0.1) is 0 Å². The summed E-state index contributed by atoms with van der Waals surface area (Å²) in [6.07, 6.45) is 1.67. The Hall–Kier alpha value is -2.06. The molecule has 2 atom stereocenters. The molecule has 7 nitrogen and oxygen atoms in total. The number of nitrogens with zero attached hydrogens (tertiary/aromatic N) is 4. The van der Waals surface area contributed by atoms with E-state index in [0.717, 1.165) is 16.4 Å². The van der Waals surface area contributed by atoms with E-state index >= 15 is 0 Å². The third-order valence-corrected chi connectivity index (χ3v) is 5.01. The van der Waals surface area contributed by atoms with E-state index in [1.807, 2.05) is 35.9 Å². The molecule has 130 valence electrons. The number of amides is 2. The molecule has 1 heterocycles. The van der Waals surface area contributed by atoms with Crippen molar-refractivity contribution in [1.29, 1.82) is 0 Å². The minimum absolute atomic E-state index is 0.0741. The molecule has 8 heteroatoms. The summed E-state index contributed by atoms with van der Waals surface area (Å²) in [7, 11) is 3.57. The van der Waals surface area contributed by atoms with Gasteiger partial charge in [-0.3, -0.25) is 0 Å². The maximum atomic E-state index is 12.2. The molecule has 0 bridgehead atoms. The molecule has 2 aromatic rings. The second kappa shape index (κ2) is 8.16. The molecule has 0 aliphatic rings. The van der Waals surface area contributed by atoms with Crippen molar-refractivity contribution >= 4 is 23.5 Å². The van der Waals surface area contributed by atoms with Crippen molar-refractivity contribution in [3.8, 4) is 0 Å². The van der Waals surface area contributed by atoms with E-state index in [9.17, 15) is 4.79 Å². The molecule has 1 aromatic heterocycles. The number of likely N-dealkylation sites (N-methyl/N-ethyl adjacent to an activating group) is 1. The van der Waals surface area contributed by atoms with Gasteiger partial charge in [0.25, 0.3) is 0 Å². The predicted octanol–water partition coefficient (Wildman–Crippen LogP) is 2.51. The Balaban J connectivity index is 2.05. The number of aryl methyl sites for hydroxylation is 1. The number of carbonyl (C=O) groups is 1. The van der Waals surface area contributed by atoms with E-state index in [2.05, 4.69) is 22.4 Å². The summed E-state index contributed by atoms with van der Waals surface area (Å²) in [5.74, 6) is 0. The maximum absolute atomic E-state index is 12.2. The second-order valence-electron chi connectivity index (χ2n) is 5.68. The summed E-state index contributed by atoms with van der Waals surface area (Å²) in [5, 5.41) is 21.0. The first-order valence-corrected chi connectivity index (χ1v) is 8.55. The number of aliphatic hydroxyl groups is 1. The van der Waals surface area contributed by atoms with Crippen LogP contribution < -0.4 is 5.32 Å². The van der Waals surface area contributed by atoms with Crippen molar-refractivity contribution in [3.63, 3.8) is 0 Å². The summed E-state index contributed by atoms with van der Waals surface area (Å²) in [5.41, 5.74) is 1.80. The standard InChI is InChI=1S/C16H23N5O2S/c1-11(9-22)21(4)15(23)18-14-7-5-6-13(8-14)12(2)24-16-19-17-10-20(16)3/h5-8,10-12,22H,9H2,1-4H3,(H,18,23). The van der Waals surface area contributed by atoms with Crippen molar-refractivity contribution in [2.75, 3.05) is 19.0 Å². The predicted molar refractivity (Wildman–Crippen MR) is 95.0 cm³/mol. The number of nitrogens with one attached hydrogen (secondary N) is 1. The molecule has 2 N–H and O–H groups in total. The summed E-state index contributed by atoms with van der Waals surface area (Å²) < 4.78 is 1.87. The van der Waals surface area contributed by atoms with E-state index < -0.39 is 0 Å². The zero-order valence-corrected chi connectivity index (χ0v) is 15.1. The molecule has 0 aliphatic heterocycles. The van der Waals surface area contributed by atoms with Gasteiger partial charge in [0, 0.05) is 25.0 Å². The lowest BCUT2D eigenvalue weighted by Gasteiger charge is -2.23. The average molecular weight is 349 g/mol. The lowest BCUT2D eigenvalue weighted by Crippen LogP contribution is -2.40. The van der Waals surface area contributed by atoms with Gasteiger partial charge in [-0.2, -0.15) is 0 Å². The first kappa shape index (κ1) is 18.3. The number of hydrogen-bond acceptors (Lipinski definition) is 5. The van der Waals surface area contributed by atoms with Gasteiger partial charge in [-0.1, -0.05) is 23.9 Å². The Bertz CT molecular complexity index is 691. The summed E-state index contributed by atoms with van der Waals surface area (Å²) in [6.45, 7) is 3.80. The zero-order chi connectivity index (χ0) is 17.7. The summed E-state index contributed by atoms with van der Waals surface area (Å²) in [6, 6.07) is 7.24. The van der Waals surface area contributed by atoms with Gasteiger partial charge in [-0.25, -0.2) is 4.79 Å². The molecule has 24 heavy (non-hydrogen) atoms. The maximum Gasteiger partial charge on any atom is 0.321 e. The number of aromatic nitrogens is 3. The second-order valence-corrected chi connectivity index (χ2v) is 6.99. The van der Waals surface area contributed by atoms with Crippen LogP contribution in [0.15, 0.2) is 35.7 Å². The topological polar surface area (TPSA) is 83.3 Å². The quantitative estimate of drug-likeness (QED) is 0.783. The highest BCUT2D eigenvalue weighted by Gasteiger charge is 2.16. The number of aliphatic hydroxyl groups excluding tert-OH is 1. The van der Waals surface area contributed by atoms with Crippen molar-refractivity contribution < 1.29 is 9.90 Å². The van der Waals surface area contributed by atoms with Crippen LogP contribution in [0.5, 0.6) is 0 Å². The molecule has 0 radical (unpaired) electrons. The molecular formula is C16H23N5O2S. The van der Waals surface area contributed by atoms with Crippen molar-refractivity contribution in [2.24, 2.45) is 7.05 Å². The molecule has 0 saturated heterocycles. The largest absolute Gasteiger partial charge is 0.394 e. The average Bonchev–Trinajstić information content (AvgIpc) is 2.98. The lowest BCUT2D eigenvalue weighted by atomic mass is 10.1. The molecule has 2 rings (SSSR count). The molecule has 2 unspecified atom stereocenters. The fraction of sp³-hybridized carbons (Fsp3) is 0.438. The van der Waals surface area contributed by atoms with Gasteiger partial charge in [0.05, 0.1) is 12.6 Å². The summed E-state index contributed by atoms with van der Waals surface area (Å²) in [4.78, 5) is 13.6. The van der Waals surface area contributed by atoms with Crippen LogP contribution in [-0.2, 0) is 7.05 Å². The smallest absolute Gasteiger partial charge is 0.321 e. The third-order valence-electron chi connectivity index (χ3n) is 3.81. The van der Waals surface area contributed by atoms with Crippen LogP contribution in [0.2, 0.25) is 0 Å². The highest BCUT2D eigenvalue weighted by Crippen LogP contribution is 2.34. The van der Waals surface area contributed by atoms with E-state index in [0.29, 0.717) is 0 Å². The van der Waals surface area contributed by atoms with Crippen LogP contribution in [0.3, 0.4) is 0 Å². The van der Waals surface area contributed by atoms with Gasteiger partial charge in [0.2, 0.25) is 0 Å². The van der Waals surface area contributed by atoms with Crippen LogP contribution in [0.25, 0.3) is 0 Å². The van der Waals surface area contributed by atoms with Crippen molar-refractivity contribution in [1.82, 2.24) is 19.7 Å². The van der Waals surface area contributed by atoms with Gasteiger partial charge in [-0.05, 0) is 31.5 Å². The Morgan fingerprint density at radius 3 is 2.83 bits per heavy atom. The van der Waals surface area contributed by atoms with Crippen molar-refractivity contribution in [2.45, 2.75) is 30.3 Å². The fourth-order valence-corrected chi connectivity index (χ4v) is 2.92. The fourth-order valence-electron chi connectivity index (χ4n) is 2.01. The van der Waals surface area contributed by atoms with Crippen LogP contribution in [0.1, 0.15) is 24.7 Å². The number of thioether (sulfide) groups is 1. The van der Waals surface area contributed by atoms with E-state index in [1.165, 1.54) is 4.90 Å². The Labute approximate surface area is 146 Å². The van der Waals surface area contributed by atoms with Gasteiger partial charge < -0.3 is 19.9 Å². The third kappa shape index (κ3) is 4.48. The van der Waals surface area contributed by atoms with Gasteiger partial charge in [-0.15, -0.1) is 10.2 Å². The monoisotopic (exact) mass is 349 g/mol. The minimum Gasteiger partial charge on any atom is -0.394 e. The number of urea groups is 1. The van der Waals surface area contributed by atoms with Gasteiger partial charge in [0.1, 0.15) is 6.33 Å². The molecule has 2 amide bonds. The number of anilines is 1. The SMILES string of the molecule is CC(Sc1nncn1C)c1cccc(NC(=O)N(C)C(C)CO)c1. The Kier molecular flexibility index (Phi) is 6.22. The highest BCUT2D eigenvalue weighted by atomic mass is 32.2. The number of rotatable bonds is 6. The normalized spacial score (nSPS) is 13.4. The molecule has 0 saturated carbocycles.